The van der Waals surface area contributed by atoms with Crippen LogP contribution in [0.25, 0.3) is 16.8 Å². The minimum absolute atomic E-state index is 0.728. The van der Waals surface area contributed by atoms with E-state index in [-0.39, 0.29) is 0 Å². The summed E-state index contributed by atoms with van der Waals surface area (Å²) in [4.78, 5) is 0. The van der Waals surface area contributed by atoms with Crippen LogP contribution in [-0.2, 0) is 0 Å². The fourth-order valence-corrected chi connectivity index (χ4v) is 2.52. The summed E-state index contributed by atoms with van der Waals surface area (Å²) in [7, 11) is 0. The monoisotopic (exact) mass is 313 g/mol. The van der Waals surface area contributed by atoms with Crippen LogP contribution >= 0.6 is 15.9 Å². The summed E-state index contributed by atoms with van der Waals surface area (Å²) in [5.74, 6) is 0. The third-order valence-electron chi connectivity index (χ3n) is 2.91. The highest BCUT2D eigenvalue weighted by atomic mass is 79.9. The summed E-state index contributed by atoms with van der Waals surface area (Å²) in [6.45, 7) is 0. The zero-order valence-electron chi connectivity index (χ0n) is 10.1. The fourth-order valence-electron chi connectivity index (χ4n) is 1.94. The third-order valence-corrected chi connectivity index (χ3v) is 3.54. The van der Waals surface area contributed by atoms with Gasteiger partial charge in [-0.3, -0.25) is 0 Å². The van der Waals surface area contributed by atoms with E-state index in [9.17, 15) is 0 Å². The van der Waals surface area contributed by atoms with Crippen molar-refractivity contribution >= 4 is 21.6 Å². The van der Waals surface area contributed by atoms with Crippen molar-refractivity contribution in [3.8, 4) is 16.8 Å². The summed E-state index contributed by atoms with van der Waals surface area (Å²) in [5, 5.41) is 4.40. The summed E-state index contributed by atoms with van der Waals surface area (Å²) in [6.07, 6.45) is 3.86. The molecule has 0 saturated carbocycles. The molecular weight excluding hydrogens is 302 g/mol. The summed E-state index contributed by atoms with van der Waals surface area (Å²) >= 11 is 3.51. The Hall–Kier alpha value is -2.07. The van der Waals surface area contributed by atoms with Crippen LogP contribution in [0.1, 0.15) is 0 Å². The average molecular weight is 314 g/mol. The van der Waals surface area contributed by atoms with Crippen LogP contribution in [-0.4, -0.2) is 9.78 Å². The largest absolute Gasteiger partial charge is 0.399 e. The van der Waals surface area contributed by atoms with E-state index in [0.717, 1.165) is 27.0 Å². The average Bonchev–Trinajstić information content (AvgIpc) is 2.89. The molecule has 0 aliphatic rings. The van der Waals surface area contributed by atoms with Crippen LogP contribution in [0.5, 0.6) is 0 Å². The zero-order chi connectivity index (χ0) is 13.2. The first-order chi connectivity index (χ1) is 9.24. The van der Waals surface area contributed by atoms with Gasteiger partial charge in [0.25, 0.3) is 0 Å². The number of nitrogen functional groups attached to an aromatic ring is 1. The van der Waals surface area contributed by atoms with Gasteiger partial charge in [-0.1, -0.05) is 30.3 Å². The molecule has 1 heterocycles. The Kier molecular flexibility index (Phi) is 3.09. The topological polar surface area (TPSA) is 43.8 Å². The molecule has 3 rings (SSSR count). The van der Waals surface area contributed by atoms with E-state index in [1.807, 2.05) is 53.5 Å². The number of aromatic nitrogens is 2. The summed E-state index contributed by atoms with van der Waals surface area (Å²) in [6, 6.07) is 15.9. The maximum atomic E-state index is 5.74. The molecule has 0 fully saturated rings. The number of rotatable bonds is 2. The van der Waals surface area contributed by atoms with Gasteiger partial charge in [-0.2, -0.15) is 5.10 Å². The first-order valence-electron chi connectivity index (χ1n) is 5.89. The standard InChI is InChI=1S/C15H12BrN3/c16-14-8-13(17)6-7-15(14)19-10-12(9-18-19)11-4-2-1-3-5-11/h1-10H,17H2. The fraction of sp³-hybridized carbons (Fsp3) is 0. The highest BCUT2D eigenvalue weighted by Gasteiger charge is 2.06. The third kappa shape index (κ3) is 2.39. The second kappa shape index (κ2) is 4.90. The van der Waals surface area contributed by atoms with Crippen molar-refractivity contribution in [3.05, 3.63) is 65.4 Å². The van der Waals surface area contributed by atoms with Crippen molar-refractivity contribution in [2.24, 2.45) is 0 Å². The molecule has 1 aromatic heterocycles. The Balaban J connectivity index is 2.02. The van der Waals surface area contributed by atoms with Gasteiger partial charge in [0.15, 0.2) is 0 Å². The van der Waals surface area contributed by atoms with Crippen molar-refractivity contribution in [2.45, 2.75) is 0 Å². The predicted molar refractivity (Wildman–Crippen MR) is 81.1 cm³/mol. The lowest BCUT2D eigenvalue weighted by molar-refractivity contribution is 0.876. The van der Waals surface area contributed by atoms with Crippen LogP contribution in [0.15, 0.2) is 65.4 Å². The van der Waals surface area contributed by atoms with Gasteiger partial charge in [0, 0.05) is 21.9 Å². The molecule has 2 aromatic carbocycles. The molecule has 0 bridgehead atoms. The molecule has 0 aliphatic heterocycles. The smallest absolute Gasteiger partial charge is 0.0789 e. The highest BCUT2D eigenvalue weighted by molar-refractivity contribution is 9.10. The van der Waals surface area contributed by atoms with Crippen molar-refractivity contribution in [3.63, 3.8) is 0 Å². The molecule has 19 heavy (non-hydrogen) atoms. The molecule has 0 amide bonds. The molecular formula is C15H12BrN3. The number of hydrogen-bond donors (Lipinski definition) is 1. The van der Waals surface area contributed by atoms with Crippen LogP contribution < -0.4 is 5.73 Å². The minimum Gasteiger partial charge on any atom is -0.399 e. The molecule has 3 aromatic rings. The Bertz CT molecular complexity index is 704. The van der Waals surface area contributed by atoms with E-state index in [2.05, 4.69) is 33.2 Å². The first-order valence-corrected chi connectivity index (χ1v) is 6.69. The molecule has 0 atom stereocenters. The maximum Gasteiger partial charge on any atom is 0.0789 e. The van der Waals surface area contributed by atoms with Gasteiger partial charge in [0.1, 0.15) is 0 Å². The minimum atomic E-state index is 0.728. The van der Waals surface area contributed by atoms with E-state index in [4.69, 9.17) is 5.73 Å². The lowest BCUT2D eigenvalue weighted by atomic mass is 10.1. The second-order valence-corrected chi connectivity index (χ2v) is 5.10. The van der Waals surface area contributed by atoms with Gasteiger partial charge in [-0.15, -0.1) is 0 Å². The summed E-state index contributed by atoms with van der Waals surface area (Å²) < 4.78 is 2.77. The number of nitrogens with zero attached hydrogens (tertiary/aromatic N) is 2. The van der Waals surface area contributed by atoms with Crippen LogP contribution in [0.4, 0.5) is 5.69 Å². The Morgan fingerprint density at radius 2 is 1.79 bits per heavy atom. The first kappa shape index (κ1) is 12.0. The Morgan fingerprint density at radius 1 is 1.00 bits per heavy atom. The van der Waals surface area contributed by atoms with E-state index >= 15 is 0 Å². The number of hydrogen-bond acceptors (Lipinski definition) is 2. The van der Waals surface area contributed by atoms with E-state index in [0.29, 0.717) is 0 Å². The lowest BCUT2D eigenvalue weighted by Gasteiger charge is -2.05. The molecule has 4 heteroatoms. The van der Waals surface area contributed by atoms with Gasteiger partial charge < -0.3 is 5.73 Å². The number of halogens is 1. The number of benzene rings is 2. The molecule has 0 unspecified atom stereocenters. The van der Waals surface area contributed by atoms with Crippen molar-refractivity contribution in [2.75, 3.05) is 5.73 Å². The molecule has 0 spiro atoms. The molecule has 2 N–H and O–H groups in total. The Morgan fingerprint density at radius 3 is 2.53 bits per heavy atom. The SMILES string of the molecule is Nc1ccc(-n2cc(-c3ccccc3)cn2)c(Br)c1. The molecule has 94 valence electrons. The van der Waals surface area contributed by atoms with Crippen LogP contribution in [0, 0.1) is 0 Å². The van der Waals surface area contributed by atoms with Crippen molar-refractivity contribution in [1.29, 1.82) is 0 Å². The highest BCUT2D eigenvalue weighted by Crippen LogP contribution is 2.25. The normalized spacial score (nSPS) is 10.6. The van der Waals surface area contributed by atoms with Crippen molar-refractivity contribution < 1.29 is 0 Å². The van der Waals surface area contributed by atoms with E-state index in [1.54, 1.807) is 0 Å². The van der Waals surface area contributed by atoms with E-state index in [1.165, 1.54) is 0 Å². The second-order valence-electron chi connectivity index (χ2n) is 4.25. The quantitative estimate of drug-likeness (QED) is 0.729. The van der Waals surface area contributed by atoms with Crippen LogP contribution in [0.2, 0.25) is 0 Å². The van der Waals surface area contributed by atoms with Gasteiger partial charge in [0.2, 0.25) is 0 Å². The zero-order valence-corrected chi connectivity index (χ0v) is 11.7. The summed E-state index contributed by atoms with van der Waals surface area (Å²) in [5.41, 5.74) is 9.68. The van der Waals surface area contributed by atoms with Gasteiger partial charge in [-0.25, -0.2) is 4.68 Å². The van der Waals surface area contributed by atoms with Crippen LogP contribution in [0.3, 0.4) is 0 Å². The van der Waals surface area contributed by atoms with Gasteiger partial charge in [-0.05, 0) is 39.7 Å². The molecule has 0 aliphatic carbocycles. The van der Waals surface area contributed by atoms with Gasteiger partial charge >= 0.3 is 0 Å². The molecule has 0 saturated heterocycles. The van der Waals surface area contributed by atoms with Crippen molar-refractivity contribution in [1.82, 2.24) is 9.78 Å². The van der Waals surface area contributed by atoms with E-state index < -0.39 is 0 Å². The molecule has 3 nitrogen and oxygen atoms in total. The molecule has 0 radical (unpaired) electrons. The Labute approximate surface area is 119 Å². The lowest BCUT2D eigenvalue weighted by Crippen LogP contribution is -1.96. The predicted octanol–water partition coefficient (Wildman–Crippen LogP) is 3.88. The van der Waals surface area contributed by atoms with Gasteiger partial charge in [0.05, 0.1) is 11.9 Å². The number of nitrogens with two attached hydrogens (primary N) is 1. The number of anilines is 1. The maximum absolute atomic E-state index is 5.74.